The molecule has 132 valence electrons. The van der Waals surface area contributed by atoms with Gasteiger partial charge < -0.3 is 19.5 Å². The molecule has 2 rings (SSSR count). The van der Waals surface area contributed by atoms with E-state index in [1.165, 1.54) is 5.57 Å². The van der Waals surface area contributed by atoms with E-state index in [9.17, 15) is 4.79 Å². The SMILES string of the molecule is CC(C)=CCO[C@@H]1COCC[C@H]1NC(=O)CCOc1ccccc1. The monoisotopic (exact) mass is 333 g/mol. The fraction of sp³-hybridized carbons (Fsp3) is 0.526. The third kappa shape index (κ3) is 6.72. The molecule has 1 heterocycles. The molecule has 0 saturated carbocycles. The first kappa shape index (κ1) is 18.5. The van der Waals surface area contributed by atoms with Crippen molar-refractivity contribution in [2.45, 2.75) is 38.8 Å². The maximum atomic E-state index is 12.1. The Balaban J connectivity index is 1.72. The zero-order valence-corrected chi connectivity index (χ0v) is 14.5. The summed E-state index contributed by atoms with van der Waals surface area (Å²) in [5.74, 6) is 0.757. The fourth-order valence-corrected chi connectivity index (χ4v) is 2.44. The average molecular weight is 333 g/mol. The van der Waals surface area contributed by atoms with Crippen LogP contribution in [0.5, 0.6) is 5.75 Å². The molecule has 1 N–H and O–H groups in total. The van der Waals surface area contributed by atoms with Gasteiger partial charge in [-0.1, -0.05) is 29.8 Å². The van der Waals surface area contributed by atoms with Gasteiger partial charge in [0, 0.05) is 6.61 Å². The highest BCUT2D eigenvalue weighted by Crippen LogP contribution is 2.13. The quantitative estimate of drug-likeness (QED) is 0.743. The number of para-hydroxylation sites is 1. The van der Waals surface area contributed by atoms with Crippen LogP contribution in [-0.2, 0) is 14.3 Å². The standard InChI is InChI=1S/C19H27NO4/c1-15(2)8-12-24-18-14-22-11-9-17(18)20-19(21)10-13-23-16-6-4-3-5-7-16/h3-8,17-18H,9-14H2,1-2H3,(H,20,21)/t17-,18-/m1/s1. The lowest BCUT2D eigenvalue weighted by Crippen LogP contribution is -2.50. The van der Waals surface area contributed by atoms with E-state index in [2.05, 4.69) is 5.32 Å². The molecular weight excluding hydrogens is 306 g/mol. The Labute approximate surface area is 144 Å². The Bertz CT molecular complexity index is 525. The van der Waals surface area contributed by atoms with Crippen molar-refractivity contribution in [2.24, 2.45) is 0 Å². The third-order valence-corrected chi connectivity index (χ3v) is 3.79. The van der Waals surface area contributed by atoms with Crippen LogP contribution in [-0.4, -0.2) is 44.5 Å². The van der Waals surface area contributed by atoms with E-state index in [1.807, 2.05) is 50.3 Å². The fourth-order valence-electron chi connectivity index (χ4n) is 2.44. The number of amides is 1. The van der Waals surface area contributed by atoms with Gasteiger partial charge in [-0.05, 0) is 32.4 Å². The van der Waals surface area contributed by atoms with Gasteiger partial charge in [0.05, 0.1) is 32.3 Å². The zero-order chi connectivity index (χ0) is 17.2. The van der Waals surface area contributed by atoms with Crippen LogP contribution in [0, 0.1) is 0 Å². The lowest BCUT2D eigenvalue weighted by atomic mass is 10.1. The summed E-state index contributed by atoms with van der Waals surface area (Å²) >= 11 is 0. The second-order valence-electron chi connectivity index (χ2n) is 6.10. The highest BCUT2D eigenvalue weighted by atomic mass is 16.5. The maximum Gasteiger partial charge on any atom is 0.223 e. The molecule has 1 aromatic carbocycles. The molecule has 5 nitrogen and oxygen atoms in total. The number of carbonyl (C=O) groups excluding carboxylic acids is 1. The van der Waals surface area contributed by atoms with Crippen LogP contribution in [0.1, 0.15) is 26.7 Å². The van der Waals surface area contributed by atoms with Gasteiger partial charge in [-0.3, -0.25) is 4.79 Å². The van der Waals surface area contributed by atoms with Crippen molar-refractivity contribution >= 4 is 5.91 Å². The van der Waals surface area contributed by atoms with E-state index in [-0.39, 0.29) is 18.1 Å². The molecule has 1 aromatic rings. The Morgan fingerprint density at radius 3 is 2.88 bits per heavy atom. The Kier molecular flexibility index (Phi) is 7.79. The minimum Gasteiger partial charge on any atom is -0.493 e. The highest BCUT2D eigenvalue weighted by molar-refractivity contribution is 5.76. The number of ether oxygens (including phenoxy) is 3. The van der Waals surface area contributed by atoms with E-state index in [4.69, 9.17) is 14.2 Å². The number of allylic oxidation sites excluding steroid dienone is 1. The summed E-state index contributed by atoms with van der Waals surface area (Å²) < 4.78 is 16.9. The van der Waals surface area contributed by atoms with E-state index in [1.54, 1.807) is 0 Å². The molecule has 1 saturated heterocycles. The van der Waals surface area contributed by atoms with E-state index in [0.717, 1.165) is 12.2 Å². The molecule has 2 atom stereocenters. The second kappa shape index (κ2) is 10.1. The van der Waals surface area contributed by atoms with Crippen LogP contribution in [0.25, 0.3) is 0 Å². The molecule has 1 aliphatic heterocycles. The molecule has 0 aromatic heterocycles. The van der Waals surface area contributed by atoms with Crippen LogP contribution < -0.4 is 10.1 Å². The first-order valence-corrected chi connectivity index (χ1v) is 8.45. The Morgan fingerprint density at radius 1 is 1.33 bits per heavy atom. The van der Waals surface area contributed by atoms with E-state index >= 15 is 0 Å². The number of hydrogen-bond acceptors (Lipinski definition) is 4. The van der Waals surface area contributed by atoms with Crippen molar-refractivity contribution in [3.05, 3.63) is 42.0 Å². The molecule has 1 aliphatic rings. The minimum atomic E-state index is -0.103. The first-order valence-electron chi connectivity index (χ1n) is 8.45. The van der Waals surface area contributed by atoms with Gasteiger partial charge >= 0.3 is 0 Å². The van der Waals surface area contributed by atoms with Crippen LogP contribution in [0.4, 0.5) is 0 Å². The first-order chi connectivity index (χ1) is 11.6. The van der Waals surface area contributed by atoms with Crippen LogP contribution in [0.2, 0.25) is 0 Å². The van der Waals surface area contributed by atoms with Crippen LogP contribution >= 0.6 is 0 Å². The topological polar surface area (TPSA) is 56.8 Å². The minimum absolute atomic E-state index is 0.00598. The summed E-state index contributed by atoms with van der Waals surface area (Å²) in [6.45, 7) is 6.14. The third-order valence-electron chi connectivity index (χ3n) is 3.79. The number of hydrogen-bond donors (Lipinski definition) is 1. The molecule has 0 aliphatic carbocycles. The van der Waals surface area contributed by atoms with Gasteiger partial charge in [0.2, 0.25) is 5.91 Å². The van der Waals surface area contributed by atoms with Crippen molar-refractivity contribution in [3.63, 3.8) is 0 Å². The summed E-state index contributed by atoms with van der Waals surface area (Å²) in [6.07, 6.45) is 3.02. The van der Waals surface area contributed by atoms with Gasteiger partial charge in [-0.25, -0.2) is 0 Å². The number of rotatable bonds is 8. The van der Waals surface area contributed by atoms with Crippen molar-refractivity contribution in [1.82, 2.24) is 5.32 Å². The molecule has 1 amide bonds. The van der Waals surface area contributed by atoms with Gasteiger partial charge in [0.25, 0.3) is 0 Å². The molecule has 5 heteroatoms. The molecule has 1 fully saturated rings. The Hall–Kier alpha value is -1.85. The number of carbonyl (C=O) groups is 1. The lowest BCUT2D eigenvalue weighted by Gasteiger charge is -2.31. The number of nitrogens with one attached hydrogen (secondary N) is 1. The van der Waals surface area contributed by atoms with Crippen molar-refractivity contribution in [2.75, 3.05) is 26.4 Å². The second-order valence-corrected chi connectivity index (χ2v) is 6.10. The summed E-state index contributed by atoms with van der Waals surface area (Å²) in [6, 6.07) is 9.50. The van der Waals surface area contributed by atoms with Crippen molar-refractivity contribution in [1.29, 1.82) is 0 Å². The van der Waals surface area contributed by atoms with Crippen LogP contribution in [0.3, 0.4) is 0 Å². The molecule has 0 spiro atoms. The van der Waals surface area contributed by atoms with E-state index in [0.29, 0.717) is 32.8 Å². The summed E-state index contributed by atoms with van der Waals surface area (Å²) in [7, 11) is 0. The molecular formula is C19H27NO4. The summed E-state index contributed by atoms with van der Waals surface area (Å²) in [5, 5.41) is 3.05. The highest BCUT2D eigenvalue weighted by Gasteiger charge is 2.27. The largest absolute Gasteiger partial charge is 0.493 e. The summed E-state index contributed by atoms with van der Waals surface area (Å²) in [5.41, 5.74) is 1.21. The van der Waals surface area contributed by atoms with Crippen LogP contribution in [0.15, 0.2) is 42.0 Å². The van der Waals surface area contributed by atoms with Gasteiger partial charge in [0.1, 0.15) is 11.9 Å². The van der Waals surface area contributed by atoms with Gasteiger partial charge in [0.15, 0.2) is 0 Å². The molecule has 0 bridgehead atoms. The van der Waals surface area contributed by atoms with E-state index < -0.39 is 0 Å². The summed E-state index contributed by atoms with van der Waals surface area (Å²) in [4.78, 5) is 12.1. The molecule has 0 unspecified atom stereocenters. The normalized spacial score (nSPS) is 20.2. The number of benzene rings is 1. The predicted octanol–water partition coefficient (Wildman–Crippen LogP) is 2.71. The lowest BCUT2D eigenvalue weighted by molar-refractivity contribution is -0.126. The van der Waals surface area contributed by atoms with Gasteiger partial charge in [-0.15, -0.1) is 0 Å². The zero-order valence-electron chi connectivity index (χ0n) is 14.5. The molecule has 0 radical (unpaired) electrons. The maximum absolute atomic E-state index is 12.1. The average Bonchev–Trinajstić information content (AvgIpc) is 2.57. The van der Waals surface area contributed by atoms with Crippen molar-refractivity contribution in [3.8, 4) is 5.75 Å². The van der Waals surface area contributed by atoms with Gasteiger partial charge in [-0.2, -0.15) is 0 Å². The van der Waals surface area contributed by atoms with Crippen molar-refractivity contribution < 1.29 is 19.0 Å². The predicted molar refractivity (Wildman–Crippen MR) is 93.1 cm³/mol. The smallest absolute Gasteiger partial charge is 0.223 e. The Morgan fingerprint density at radius 2 is 2.12 bits per heavy atom. The molecule has 24 heavy (non-hydrogen) atoms.